The van der Waals surface area contributed by atoms with E-state index >= 15 is 0 Å². The number of hydrogen-bond acceptors (Lipinski definition) is 6. The number of ether oxygens (including phenoxy) is 5. The van der Waals surface area contributed by atoms with Crippen LogP contribution >= 0.6 is 0 Å². The minimum absolute atomic E-state index is 0.0282. The van der Waals surface area contributed by atoms with Gasteiger partial charge in [0.25, 0.3) is 0 Å². The Morgan fingerprint density at radius 3 is 2.79 bits per heavy atom. The molecule has 6 nitrogen and oxygen atoms in total. The van der Waals surface area contributed by atoms with Crippen LogP contribution in [-0.2, 0) is 28.5 Å². The molecule has 1 unspecified atom stereocenters. The van der Waals surface area contributed by atoms with Gasteiger partial charge in [-0.3, -0.25) is 4.79 Å². The third-order valence-electron chi connectivity index (χ3n) is 9.20. The molecule has 2 saturated carbocycles. The van der Waals surface area contributed by atoms with E-state index in [2.05, 4.69) is 19.9 Å². The van der Waals surface area contributed by atoms with Crippen molar-refractivity contribution < 1.29 is 28.5 Å². The van der Waals surface area contributed by atoms with Crippen molar-refractivity contribution in [2.75, 3.05) is 6.61 Å². The first-order valence-corrected chi connectivity index (χ1v) is 10.8. The van der Waals surface area contributed by atoms with Crippen molar-refractivity contribution in [1.29, 1.82) is 0 Å². The number of hydrogen-bond donors (Lipinski definition) is 0. The van der Waals surface area contributed by atoms with Gasteiger partial charge in [0.2, 0.25) is 12.6 Å². The zero-order chi connectivity index (χ0) is 19.3. The summed E-state index contributed by atoms with van der Waals surface area (Å²) < 4.78 is 30.4. The summed E-state index contributed by atoms with van der Waals surface area (Å²) in [6.45, 7) is 7.01. The molecule has 7 aliphatic rings. The summed E-state index contributed by atoms with van der Waals surface area (Å²) in [5.74, 6) is 0.936. The zero-order valence-corrected chi connectivity index (χ0v) is 16.9. The Hall–Kier alpha value is -1.11. The third kappa shape index (κ3) is 2.02. The molecule has 5 heterocycles. The normalized spacial score (nSPS) is 58.3. The van der Waals surface area contributed by atoms with Gasteiger partial charge in [0.15, 0.2) is 0 Å². The zero-order valence-electron chi connectivity index (χ0n) is 16.9. The van der Waals surface area contributed by atoms with E-state index in [9.17, 15) is 4.79 Å². The molecule has 0 N–H and O–H groups in total. The van der Waals surface area contributed by atoms with Crippen LogP contribution in [0.2, 0.25) is 0 Å². The molecule has 2 bridgehead atoms. The minimum Gasteiger partial charge on any atom is -0.472 e. The smallest absolute Gasteiger partial charge is 0.304 e. The fourth-order valence-corrected chi connectivity index (χ4v) is 7.55. The topological polar surface area (TPSA) is 66.5 Å². The van der Waals surface area contributed by atoms with Crippen LogP contribution in [-0.4, -0.2) is 43.0 Å². The average Bonchev–Trinajstić information content (AvgIpc) is 3.08. The van der Waals surface area contributed by atoms with Crippen LogP contribution in [0.1, 0.15) is 52.9 Å². The van der Waals surface area contributed by atoms with E-state index in [1.54, 1.807) is 6.26 Å². The summed E-state index contributed by atoms with van der Waals surface area (Å²) in [5, 5.41) is 0. The number of carbonyl (C=O) groups excluding carboxylic acids is 1. The fourth-order valence-electron chi connectivity index (χ4n) is 7.55. The van der Waals surface area contributed by atoms with Gasteiger partial charge in [-0.05, 0) is 43.6 Å². The first-order chi connectivity index (χ1) is 13.4. The van der Waals surface area contributed by atoms with Gasteiger partial charge in [0, 0.05) is 24.7 Å². The quantitative estimate of drug-likeness (QED) is 0.533. The maximum Gasteiger partial charge on any atom is 0.304 e. The predicted octanol–water partition coefficient (Wildman–Crippen LogP) is 3.15. The van der Waals surface area contributed by atoms with Crippen molar-refractivity contribution in [2.24, 2.45) is 28.6 Å². The highest BCUT2D eigenvalue weighted by Gasteiger charge is 2.79. The highest BCUT2D eigenvalue weighted by atomic mass is 16.7. The molecule has 0 amide bonds. The molecule has 7 rings (SSSR count). The lowest BCUT2D eigenvalue weighted by Gasteiger charge is -2.67. The molecular weight excluding hydrogens is 360 g/mol. The van der Waals surface area contributed by atoms with Crippen LogP contribution in [0, 0.1) is 28.6 Å². The molecule has 6 fully saturated rings. The molecule has 10 atom stereocenters. The Balaban J connectivity index is 1.42. The van der Waals surface area contributed by atoms with Crippen molar-refractivity contribution in [1.82, 2.24) is 0 Å². The number of esters is 1. The van der Waals surface area contributed by atoms with E-state index in [-0.39, 0.29) is 40.9 Å². The first kappa shape index (κ1) is 17.7. The molecule has 2 aliphatic carbocycles. The van der Waals surface area contributed by atoms with Gasteiger partial charge in [-0.15, -0.1) is 0 Å². The van der Waals surface area contributed by atoms with E-state index in [0.717, 1.165) is 38.7 Å². The number of rotatable bonds is 2. The molecule has 5 aliphatic heterocycles. The van der Waals surface area contributed by atoms with Gasteiger partial charge in [-0.1, -0.05) is 13.8 Å². The lowest BCUT2D eigenvalue weighted by atomic mass is 9.41. The predicted molar refractivity (Wildman–Crippen MR) is 97.8 cm³/mol. The van der Waals surface area contributed by atoms with Crippen LogP contribution in [0.5, 0.6) is 0 Å². The molecule has 154 valence electrons. The third-order valence-corrected chi connectivity index (χ3v) is 9.20. The van der Waals surface area contributed by atoms with Crippen molar-refractivity contribution in [3.63, 3.8) is 0 Å². The van der Waals surface area contributed by atoms with E-state index < -0.39 is 6.29 Å². The summed E-state index contributed by atoms with van der Waals surface area (Å²) in [6, 6.07) is 0. The van der Waals surface area contributed by atoms with Crippen LogP contribution in [0.15, 0.2) is 12.3 Å². The fraction of sp³-hybridized carbons (Fsp3) is 0.864. The Bertz CT molecular complexity index is 731. The maximum atomic E-state index is 11.9. The maximum absolute atomic E-state index is 11.9. The summed E-state index contributed by atoms with van der Waals surface area (Å²) >= 11 is 0. The molecular formula is C22H30O6. The molecule has 6 heteroatoms. The van der Waals surface area contributed by atoms with Crippen molar-refractivity contribution in [3.8, 4) is 0 Å². The highest BCUT2D eigenvalue weighted by molar-refractivity contribution is 5.66. The molecule has 0 aromatic heterocycles. The van der Waals surface area contributed by atoms with Gasteiger partial charge in [-0.25, -0.2) is 0 Å². The molecule has 28 heavy (non-hydrogen) atoms. The lowest BCUT2D eigenvalue weighted by molar-refractivity contribution is -0.352. The number of epoxide rings is 1. The van der Waals surface area contributed by atoms with Crippen molar-refractivity contribution in [3.05, 3.63) is 12.3 Å². The Labute approximate surface area is 165 Å². The van der Waals surface area contributed by atoms with Crippen molar-refractivity contribution in [2.45, 2.75) is 83.3 Å². The second kappa shape index (κ2) is 5.52. The van der Waals surface area contributed by atoms with Gasteiger partial charge in [-0.2, -0.15) is 0 Å². The summed E-state index contributed by atoms with van der Waals surface area (Å²) in [5.41, 5.74) is -0.489. The van der Waals surface area contributed by atoms with E-state index in [4.69, 9.17) is 23.7 Å². The van der Waals surface area contributed by atoms with Crippen LogP contribution in [0.4, 0.5) is 0 Å². The van der Waals surface area contributed by atoms with Crippen molar-refractivity contribution >= 4 is 5.97 Å². The highest BCUT2D eigenvalue weighted by Crippen LogP contribution is 2.73. The van der Waals surface area contributed by atoms with Crippen LogP contribution < -0.4 is 0 Å². The Morgan fingerprint density at radius 1 is 1.25 bits per heavy atom. The number of carbonyl (C=O) groups is 1. The second-order valence-electron chi connectivity index (χ2n) is 10.2. The van der Waals surface area contributed by atoms with Gasteiger partial charge >= 0.3 is 5.97 Å². The second-order valence-corrected chi connectivity index (χ2v) is 10.2. The van der Waals surface area contributed by atoms with Crippen LogP contribution in [0.25, 0.3) is 0 Å². The lowest BCUT2D eigenvalue weighted by Crippen LogP contribution is -2.72. The largest absolute Gasteiger partial charge is 0.472 e. The van der Waals surface area contributed by atoms with E-state index in [1.165, 1.54) is 6.92 Å². The molecule has 2 spiro atoms. The van der Waals surface area contributed by atoms with Gasteiger partial charge in [0.05, 0.1) is 30.5 Å². The first-order valence-electron chi connectivity index (χ1n) is 10.8. The molecule has 0 aromatic carbocycles. The summed E-state index contributed by atoms with van der Waals surface area (Å²) in [7, 11) is 0. The van der Waals surface area contributed by atoms with E-state index in [1.807, 2.05) is 0 Å². The van der Waals surface area contributed by atoms with Crippen LogP contribution in [0.3, 0.4) is 0 Å². The SMILES string of the molecule is CC(=O)OC1O[C@@H]2C[C@@H]3[C@@](C)([C@@H]4C[C@H]5C=CO[C@H]5O4)[C@H](C)CC[C@]13[C@@]1(CO1)C2. The average molecular weight is 390 g/mol. The Morgan fingerprint density at radius 2 is 2.07 bits per heavy atom. The number of fused-ring (bicyclic) bond motifs is 2. The van der Waals surface area contributed by atoms with Gasteiger partial charge in [0.1, 0.15) is 5.60 Å². The molecule has 4 saturated heterocycles. The molecule has 0 aromatic rings. The Kier molecular flexibility index (Phi) is 3.50. The van der Waals surface area contributed by atoms with E-state index in [0.29, 0.717) is 17.8 Å². The molecule has 0 radical (unpaired) electrons. The van der Waals surface area contributed by atoms with Gasteiger partial charge < -0.3 is 23.7 Å². The standard InChI is InChI=1S/C22H30O6/c1-12-4-6-22-16(20(12,3)17-8-14-5-7-24-18(14)28-17)9-15(10-21(22)11-25-21)27-19(22)26-13(2)23/h5,7,12,14-19H,4,6,8-11H2,1-3H3/t12-,14-,15-,16-,17+,18+,19?,20+,21+,22-/m1/s1. The monoisotopic (exact) mass is 390 g/mol. The minimum atomic E-state index is -0.506. The summed E-state index contributed by atoms with van der Waals surface area (Å²) in [6.07, 6.45) is 8.45. The summed E-state index contributed by atoms with van der Waals surface area (Å²) in [4.78, 5) is 11.9.